The molecule has 0 nitrogen and oxygen atoms in total. The number of rotatable bonds is 10. The van der Waals surface area contributed by atoms with Gasteiger partial charge in [0.2, 0.25) is 0 Å². The van der Waals surface area contributed by atoms with Crippen molar-refractivity contribution in [2.75, 3.05) is 0 Å². The largest absolute Gasteiger partial charge is 0.206 e. The Bertz CT molecular complexity index is 1030. The fourth-order valence-electron chi connectivity index (χ4n) is 7.34. The van der Waals surface area contributed by atoms with E-state index in [4.69, 9.17) is 0 Å². The lowest BCUT2D eigenvalue weighted by Gasteiger charge is -2.41. The van der Waals surface area contributed by atoms with Gasteiger partial charge in [-0.15, -0.1) is 6.58 Å². The molecule has 3 aliphatic rings. The zero-order valence-corrected chi connectivity index (χ0v) is 21.7. The maximum absolute atomic E-state index is 15.7. The lowest BCUT2D eigenvalue weighted by molar-refractivity contribution is 0.125. The summed E-state index contributed by atoms with van der Waals surface area (Å²) >= 11 is 0. The highest BCUT2D eigenvalue weighted by atomic mass is 19.1. The second-order valence-corrected chi connectivity index (χ2v) is 12.1. The van der Waals surface area contributed by atoms with Crippen LogP contribution in [0.3, 0.4) is 0 Å². The first-order valence-corrected chi connectivity index (χ1v) is 14.1. The smallest absolute Gasteiger partial charge is 0.134 e. The van der Waals surface area contributed by atoms with Crippen LogP contribution < -0.4 is 0 Å². The molecule has 0 radical (unpaired) electrons. The van der Waals surface area contributed by atoms with Crippen LogP contribution in [-0.2, 0) is 6.42 Å². The summed E-state index contributed by atoms with van der Waals surface area (Å²) in [6.07, 6.45) is 16.0. The SMILES string of the molecule is C=CC[C@@H]1CCC1CCC(=C)C(C)C1CCC2(CC2)C[C@@H]1Cc1cccc(-c2ccccc2)c1F. The van der Waals surface area contributed by atoms with Gasteiger partial charge in [-0.05, 0) is 117 Å². The van der Waals surface area contributed by atoms with Crippen molar-refractivity contribution in [2.24, 2.45) is 35.0 Å². The third-order valence-corrected chi connectivity index (χ3v) is 10.1. The molecule has 1 heteroatoms. The Morgan fingerprint density at radius 2 is 1.77 bits per heavy atom. The molecular weight excluding hydrogens is 427 g/mol. The molecule has 2 aromatic rings. The van der Waals surface area contributed by atoms with Crippen molar-refractivity contribution in [1.82, 2.24) is 0 Å². The maximum atomic E-state index is 15.7. The Balaban J connectivity index is 1.29. The molecule has 5 rings (SSSR count). The topological polar surface area (TPSA) is 0 Å². The van der Waals surface area contributed by atoms with E-state index in [0.29, 0.717) is 23.2 Å². The van der Waals surface area contributed by atoms with Crippen molar-refractivity contribution in [1.29, 1.82) is 0 Å². The average Bonchev–Trinajstić information content (AvgIpc) is 3.61. The van der Waals surface area contributed by atoms with Crippen molar-refractivity contribution in [3.63, 3.8) is 0 Å². The maximum Gasteiger partial charge on any atom is 0.134 e. The molecule has 0 N–H and O–H groups in total. The van der Waals surface area contributed by atoms with Crippen molar-refractivity contribution in [2.45, 2.75) is 77.6 Å². The van der Waals surface area contributed by atoms with E-state index in [2.05, 4.69) is 26.2 Å². The number of hydrogen-bond acceptors (Lipinski definition) is 0. The normalized spacial score (nSPS) is 27.7. The molecule has 0 aromatic heterocycles. The molecule has 1 spiro atoms. The van der Waals surface area contributed by atoms with Crippen molar-refractivity contribution in [3.8, 4) is 11.1 Å². The third-order valence-electron chi connectivity index (χ3n) is 10.1. The Hall–Kier alpha value is -2.15. The summed E-state index contributed by atoms with van der Waals surface area (Å²) in [6, 6.07) is 16.0. The van der Waals surface area contributed by atoms with Crippen LogP contribution in [-0.4, -0.2) is 0 Å². The third kappa shape index (κ3) is 5.35. The van der Waals surface area contributed by atoms with E-state index in [9.17, 15) is 0 Å². The van der Waals surface area contributed by atoms with E-state index in [1.54, 1.807) is 0 Å². The molecule has 0 aliphatic heterocycles. The quantitative estimate of drug-likeness (QED) is 0.303. The standard InChI is InChI=1S/C34H43F/c1-4-9-26-16-17-27(26)15-14-24(2)25(3)31-18-19-34(20-21-34)23-30(31)22-29-12-8-13-32(33(29)35)28-10-6-5-7-11-28/h4-8,10-13,25-27,30-31H,1-2,9,14-23H2,3H3/t25?,26-,27?,30+,31?/m1/s1. The summed E-state index contributed by atoms with van der Waals surface area (Å²) in [6.45, 7) is 11.0. The monoisotopic (exact) mass is 470 g/mol. The summed E-state index contributed by atoms with van der Waals surface area (Å²) in [5.74, 6) is 3.40. The van der Waals surface area contributed by atoms with Crippen LogP contribution in [0.1, 0.15) is 76.7 Å². The number of halogens is 1. The van der Waals surface area contributed by atoms with Crippen LogP contribution in [0.5, 0.6) is 0 Å². The van der Waals surface area contributed by atoms with Crippen LogP contribution in [0.15, 0.2) is 73.3 Å². The van der Waals surface area contributed by atoms with Gasteiger partial charge in [0.1, 0.15) is 5.82 Å². The van der Waals surface area contributed by atoms with Gasteiger partial charge in [0.05, 0.1) is 0 Å². The molecule has 2 aromatic carbocycles. The van der Waals surface area contributed by atoms with Crippen molar-refractivity contribution >= 4 is 0 Å². The van der Waals surface area contributed by atoms with Crippen LogP contribution >= 0.6 is 0 Å². The van der Waals surface area contributed by atoms with Crippen molar-refractivity contribution < 1.29 is 4.39 Å². The van der Waals surface area contributed by atoms with Gasteiger partial charge in [0.25, 0.3) is 0 Å². The number of allylic oxidation sites excluding steroid dienone is 2. The average molecular weight is 471 g/mol. The predicted octanol–water partition coefficient (Wildman–Crippen LogP) is 9.81. The first-order valence-electron chi connectivity index (χ1n) is 14.1. The van der Waals surface area contributed by atoms with E-state index >= 15 is 4.39 Å². The lowest BCUT2D eigenvalue weighted by Crippen LogP contribution is -2.33. The summed E-state index contributed by atoms with van der Waals surface area (Å²) in [5.41, 5.74) is 4.62. The summed E-state index contributed by atoms with van der Waals surface area (Å²) in [7, 11) is 0. The number of hydrogen-bond donors (Lipinski definition) is 0. The highest BCUT2D eigenvalue weighted by Gasteiger charge is 2.49. The molecule has 3 aliphatic carbocycles. The van der Waals surface area contributed by atoms with Crippen LogP contribution in [0, 0.1) is 40.8 Å². The Morgan fingerprint density at radius 3 is 2.46 bits per heavy atom. The minimum absolute atomic E-state index is 0.0161. The molecular formula is C34H43F. The molecule has 186 valence electrons. The molecule has 3 saturated carbocycles. The second-order valence-electron chi connectivity index (χ2n) is 12.1. The summed E-state index contributed by atoms with van der Waals surface area (Å²) < 4.78 is 15.7. The van der Waals surface area contributed by atoms with E-state index in [0.717, 1.165) is 41.4 Å². The highest BCUT2D eigenvalue weighted by molar-refractivity contribution is 5.65. The summed E-state index contributed by atoms with van der Waals surface area (Å²) in [5, 5.41) is 0. The lowest BCUT2D eigenvalue weighted by atomic mass is 9.64. The molecule has 0 saturated heterocycles. The van der Waals surface area contributed by atoms with Crippen LogP contribution in [0.25, 0.3) is 11.1 Å². The zero-order valence-electron chi connectivity index (χ0n) is 21.7. The van der Waals surface area contributed by atoms with Gasteiger partial charge in [-0.25, -0.2) is 4.39 Å². The van der Waals surface area contributed by atoms with Crippen LogP contribution in [0.2, 0.25) is 0 Å². The molecule has 3 fully saturated rings. The first kappa shape index (κ1) is 24.5. The summed E-state index contributed by atoms with van der Waals surface area (Å²) in [4.78, 5) is 0. The predicted molar refractivity (Wildman–Crippen MR) is 147 cm³/mol. The molecule has 0 heterocycles. The number of benzene rings is 2. The van der Waals surface area contributed by atoms with Gasteiger partial charge in [0.15, 0.2) is 0 Å². The molecule has 3 unspecified atom stereocenters. The molecule has 0 bridgehead atoms. The van der Waals surface area contributed by atoms with E-state index in [1.807, 2.05) is 48.5 Å². The highest BCUT2D eigenvalue weighted by Crippen LogP contribution is 2.60. The van der Waals surface area contributed by atoms with Gasteiger partial charge in [-0.3, -0.25) is 0 Å². The van der Waals surface area contributed by atoms with E-state index in [-0.39, 0.29) is 5.82 Å². The first-order chi connectivity index (χ1) is 17.0. The van der Waals surface area contributed by atoms with Gasteiger partial charge in [-0.2, -0.15) is 0 Å². The van der Waals surface area contributed by atoms with Gasteiger partial charge >= 0.3 is 0 Å². The van der Waals surface area contributed by atoms with Gasteiger partial charge in [-0.1, -0.05) is 73.7 Å². The Labute approximate surface area is 212 Å². The molecule has 0 amide bonds. The molecule has 5 atom stereocenters. The molecule has 35 heavy (non-hydrogen) atoms. The zero-order chi connectivity index (χ0) is 24.4. The van der Waals surface area contributed by atoms with Crippen molar-refractivity contribution in [3.05, 3.63) is 84.7 Å². The van der Waals surface area contributed by atoms with Crippen LogP contribution in [0.4, 0.5) is 4.39 Å². The van der Waals surface area contributed by atoms with Gasteiger partial charge in [0, 0.05) is 5.56 Å². The fraction of sp³-hybridized carbons (Fsp3) is 0.529. The fourth-order valence-corrected chi connectivity index (χ4v) is 7.34. The minimum Gasteiger partial charge on any atom is -0.206 e. The van der Waals surface area contributed by atoms with Gasteiger partial charge < -0.3 is 0 Å². The van der Waals surface area contributed by atoms with E-state index in [1.165, 1.54) is 63.4 Å². The Kier molecular flexibility index (Phi) is 7.33. The Morgan fingerprint density at radius 1 is 1.00 bits per heavy atom. The minimum atomic E-state index is -0.0161. The van der Waals surface area contributed by atoms with E-state index < -0.39 is 0 Å². The second kappa shape index (κ2) is 10.5.